The Bertz CT molecular complexity index is 1600. The molecule has 3 fully saturated rings. The van der Waals surface area contributed by atoms with Crippen LogP contribution >= 0.6 is 0 Å². The van der Waals surface area contributed by atoms with Crippen LogP contribution in [0, 0.1) is 11.2 Å². The highest BCUT2D eigenvalue weighted by Gasteiger charge is 2.67. The third-order valence-electron chi connectivity index (χ3n) is 8.31. The highest BCUT2D eigenvalue weighted by molar-refractivity contribution is 6.08. The molecule has 1 amide bonds. The number of benzene rings is 3. The van der Waals surface area contributed by atoms with Crippen molar-refractivity contribution in [3.8, 4) is 11.1 Å². The molecular formula is C31H26F4N2O3. The second-order valence-corrected chi connectivity index (χ2v) is 11.3. The number of nitrogens with zero attached hydrogens (tertiary/aromatic N) is 1. The van der Waals surface area contributed by atoms with Gasteiger partial charge in [0.05, 0.1) is 16.6 Å². The third-order valence-corrected chi connectivity index (χ3v) is 8.31. The smallest absolute Gasteiger partial charge is 0.416 e. The number of aromatic nitrogens is 1. The monoisotopic (exact) mass is 550 g/mol. The van der Waals surface area contributed by atoms with Crippen LogP contribution < -0.4 is 5.32 Å². The van der Waals surface area contributed by atoms with Crippen molar-refractivity contribution in [3.05, 3.63) is 95.4 Å². The highest BCUT2D eigenvalue weighted by atomic mass is 19.4. The number of carbonyl (C=O) groups excluding carboxylic acids is 1. The maximum absolute atomic E-state index is 13.8. The van der Waals surface area contributed by atoms with Crippen LogP contribution in [-0.2, 0) is 17.5 Å². The molecule has 0 atom stereocenters. The first kappa shape index (κ1) is 26.1. The molecule has 0 aliphatic heterocycles. The van der Waals surface area contributed by atoms with Crippen LogP contribution in [0.1, 0.15) is 53.6 Å². The molecule has 5 nitrogen and oxygen atoms in total. The molecule has 2 N–H and O–H groups in total. The molecule has 3 aliphatic rings. The zero-order valence-corrected chi connectivity index (χ0v) is 21.4. The van der Waals surface area contributed by atoms with Gasteiger partial charge >= 0.3 is 12.1 Å². The number of aliphatic carboxylic acids is 1. The number of nitrogens with one attached hydrogen (secondary N) is 1. The Morgan fingerprint density at radius 3 is 2.23 bits per heavy atom. The van der Waals surface area contributed by atoms with Crippen LogP contribution in [0.3, 0.4) is 0 Å². The Morgan fingerprint density at radius 2 is 1.60 bits per heavy atom. The molecular weight excluding hydrogens is 524 g/mol. The molecule has 3 aliphatic carbocycles. The minimum absolute atomic E-state index is 0.0141. The molecule has 4 aromatic rings. The van der Waals surface area contributed by atoms with E-state index >= 15 is 0 Å². The largest absolute Gasteiger partial charge is 0.481 e. The van der Waals surface area contributed by atoms with Crippen molar-refractivity contribution in [3.63, 3.8) is 0 Å². The SMILES string of the molecule is O=C(O)CCC12CC(NC(=O)c3cc(-c4ccc(F)cc4)cc4ccn(Cc5ccc(C(F)(F)F)cc5)c34)(C1)C2. The van der Waals surface area contributed by atoms with Crippen molar-refractivity contribution >= 4 is 22.8 Å². The fourth-order valence-corrected chi connectivity index (χ4v) is 6.54. The summed E-state index contributed by atoms with van der Waals surface area (Å²) in [5.41, 5.74) is 2.11. The van der Waals surface area contributed by atoms with Crippen LogP contribution in [-0.4, -0.2) is 27.1 Å². The van der Waals surface area contributed by atoms with Crippen LogP contribution in [0.4, 0.5) is 17.6 Å². The number of fused-ring (bicyclic) bond motifs is 1. The van der Waals surface area contributed by atoms with Gasteiger partial charge in [0, 0.05) is 30.1 Å². The van der Waals surface area contributed by atoms with Crippen molar-refractivity contribution in [1.82, 2.24) is 9.88 Å². The van der Waals surface area contributed by atoms with Gasteiger partial charge in [-0.25, -0.2) is 4.39 Å². The maximum Gasteiger partial charge on any atom is 0.416 e. The number of carboxylic acids is 1. The zero-order valence-electron chi connectivity index (χ0n) is 21.4. The molecule has 1 aromatic heterocycles. The number of carboxylic acid groups (broad SMARTS) is 1. The average molecular weight is 551 g/mol. The number of rotatable bonds is 8. The molecule has 9 heteroatoms. The van der Waals surface area contributed by atoms with E-state index in [1.54, 1.807) is 24.4 Å². The lowest BCUT2D eigenvalue weighted by atomic mass is 9.38. The molecule has 7 rings (SSSR count). The van der Waals surface area contributed by atoms with E-state index in [1.165, 1.54) is 24.3 Å². The summed E-state index contributed by atoms with van der Waals surface area (Å²) in [4.78, 5) is 24.7. The summed E-state index contributed by atoms with van der Waals surface area (Å²) >= 11 is 0. The first-order valence-corrected chi connectivity index (χ1v) is 13.0. The van der Waals surface area contributed by atoms with E-state index in [0.29, 0.717) is 23.1 Å². The summed E-state index contributed by atoms with van der Waals surface area (Å²) in [7, 11) is 0. The quantitative estimate of drug-likeness (QED) is 0.231. The Balaban J connectivity index is 1.32. The van der Waals surface area contributed by atoms with E-state index in [4.69, 9.17) is 5.11 Å². The van der Waals surface area contributed by atoms with Gasteiger partial charge in [0.25, 0.3) is 5.91 Å². The van der Waals surface area contributed by atoms with Crippen LogP contribution in [0.15, 0.2) is 72.9 Å². The molecule has 40 heavy (non-hydrogen) atoms. The van der Waals surface area contributed by atoms with E-state index in [-0.39, 0.29) is 35.6 Å². The number of alkyl halides is 3. The molecule has 206 valence electrons. The predicted molar refractivity (Wildman–Crippen MR) is 141 cm³/mol. The summed E-state index contributed by atoms with van der Waals surface area (Å²) in [5.74, 6) is -1.46. The van der Waals surface area contributed by atoms with E-state index in [1.807, 2.05) is 16.7 Å². The van der Waals surface area contributed by atoms with E-state index in [2.05, 4.69) is 5.32 Å². The topological polar surface area (TPSA) is 71.3 Å². The Kier molecular flexibility index (Phi) is 6.01. The van der Waals surface area contributed by atoms with Crippen molar-refractivity contribution in [2.75, 3.05) is 0 Å². The Labute approximate surface area is 227 Å². The Hall–Kier alpha value is -4.14. The minimum Gasteiger partial charge on any atom is -0.481 e. The third kappa shape index (κ3) is 4.74. The lowest BCUT2D eigenvalue weighted by Gasteiger charge is -2.71. The molecule has 0 spiro atoms. The first-order chi connectivity index (χ1) is 18.9. The van der Waals surface area contributed by atoms with Gasteiger partial charge in [-0.2, -0.15) is 13.2 Å². The zero-order chi connectivity index (χ0) is 28.3. The fourth-order valence-electron chi connectivity index (χ4n) is 6.54. The maximum atomic E-state index is 13.8. The summed E-state index contributed by atoms with van der Waals surface area (Å²) in [6, 6.07) is 16.5. The van der Waals surface area contributed by atoms with Gasteiger partial charge in [-0.1, -0.05) is 24.3 Å². The van der Waals surface area contributed by atoms with Crippen molar-refractivity contribution < 1.29 is 32.3 Å². The minimum atomic E-state index is -4.42. The second kappa shape index (κ2) is 9.21. The van der Waals surface area contributed by atoms with Crippen molar-refractivity contribution in [2.45, 2.75) is 50.4 Å². The molecule has 0 saturated heterocycles. The van der Waals surface area contributed by atoms with Gasteiger partial charge in [0.2, 0.25) is 0 Å². The lowest BCUT2D eigenvalue weighted by Crippen LogP contribution is -2.74. The van der Waals surface area contributed by atoms with Gasteiger partial charge < -0.3 is 15.0 Å². The first-order valence-electron chi connectivity index (χ1n) is 13.0. The standard InChI is InChI=1S/C31H26F4N2O3/c32-24-7-3-20(4-8-24)22-13-21-10-12-37(15-19-1-5-23(6-2-19)31(33,34)35)27(21)25(14-22)28(40)36-30-16-29(17-30,18-30)11-9-26(38)39/h1-8,10,12-14H,9,11,15-18H2,(H,36,40)(H,38,39). The van der Waals surface area contributed by atoms with Crippen LogP contribution in [0.5, 0.6) is 0 Å². The number of hydrogen-bond donors (Lipinski definition) is 2. The normalized spacial score (nSPS) is 21.5. The average Bonchev–Trinajstić information content (AvgIpc) is 3.26. The van der Waals surface area contributed by atoms with Crippen molar-refractivity contribution in [1.29, 1.82) is 0 Å². The van der Waals surface area contributed by atoms with Gasteiger partial charge in [-0.05, 0) is 90.3 Å². The molecule has 1 heterocycles. The van der Waals surface area contributed by atoms with Gasteiger partial charge in [0.15, 0.2) is 0 Å². The van der Waals surface area contributed by atoms with E-state index in [0.717, 1.165) is 47.9 Å². The number of hydrogen-bond acceptors (Lipinski definition) is 2. The molecule has 0 radical (unpaired) electrons. The summed E-state index contributed by atoms with van der Waals surface area (Å²) in [5, 5.41) is 13.0. The number of carbonyl (C=O) groups is 2. The van der Waals surface area contributed by atoms with E-state index < -0.39 is 17.7 Å². The number of halogens is 4. The molecule has 0 unspecified atom stereocenters. The molecule has 3 aromatic carbocycles. The molecule has 3 saturated carbocycles. The van der Waals surface area contributed by atoms with Gasteiger partial charge in [0.1, 0.15) is 5.82 Å². The Morgan fingerprint density at radius 1 is 0.925 bits per heavy atom. The second-order valence-electron chi connectivity index (χ2n) is 11.3. The van der Waals surface area contributed by atoms with Gasteiger partial charge in [-0.15, -0.1) is 0 Å². The van der Waals surface area contributed by atoms with Crippen LogP contribution in [0.2, 0.25) is 0 Å². The molecule has 2 bridgehead atoms. The summed E-state index contributed by atoms with van der Waals surface area (Å²) in [6.07, 6.45) is 0.317. The van der Waals surface area contributed by atoms with E-state index in [9.17, 15) is 27.2 Å². The fraction of sp³-hybridized carbons (Fsp3) is 0.290. The number of amides is 1. The van der Waals surface area contributed by atoms with Gasteiger partial charge in [-0.3, -0.25) is 9.59 Å². The highest BCUT2D eigenvalue weighted by Crippen LogP contribution is 2.69. The van der Waals surface area contributed by atoms with Crippen LogP contribution in [0.25, 0.3) is 22.0 Å². The lowest BCUT2D eigenvalue weighted by molar-refractivity contribution is -0.161. The van der Waals surface area contributed by atoms with Crippen molar-refractivity contribution in [2.24, 2.45) is 5.41 Å². The summed E-state index contributed by atoms with van der Waals surface area (Å²) < 4.78 is 54.5. The predicted octanol–water partition coefficient (Wildman–Crippen LogP) is 7.03. The summed E-state index contributed by atoms with van der Waals surface area (Å²) in [6.45, 7) is 0.265.